The Morgan fingerprint density at radius 3 is 2.67 bits per heavy atom. The summed E-state index contributed by atoms with van der Waals surface area (Å²) in [6.07, 6.45) is 1.43. The fourth-order valence-corrected chi connectivity index (χ4v) is 3.56. The van der Waals surface area contributed by atoms with Gasteiger partial charge in [0.1, 0.15) is 0 Å². The van der Waals surface area contributed by atoms with E-state index in [1.54, 1.807) is 30.3 Å². The topological polar surface area (TPSA) is 71.1 Å². The van der Waals surface area contributed by atoms with Crippen LogP contribution in [0.5, 0.6) is 0 Å². The van der Waals surface area contributed by atoms with E-state index in [0.29, 0.717) is 27.4 Å². The number of hydrogen-bond acceptors (Lipinski definition) is 4. The average molecular weight is 391 g/mol. The number of nitrogens with one attached hydrogen (secondary N) is 2. The third-order valence-electron chi connectivity index (χ3n) is 2.59. The van der Waals surface area contributed by atoms with E-state index in [2.05, 4.69) is 31.0 Å². The first-order chi connectivity index (χ1) is 9.95. The zero-order chi connectivity index (χ0) is 15.5. The molecule has 0 atom stereocenters. The fraction of sp³-hybridized carbons (Fsp3) is 0.154. The average Bonchev–Trinajstić information content (AvgIpc) is 2.44. The Morgan fingerprint density at radius 2 is 1.95 bits per heavy atom. The standard InChI is InChI=1S/C13H13BrClN3O2S/c1-2-16-11-7-4-8-17-13(11)21(19,20)18-10-6-3-5-9(15)12(10)14/h3-8,16,18H,2H2,1H3. The van der Waals surface area contributed by atoms with E-state index in [4.69, 9.17) is 11.6 Å². The van der Waals surface area contributed by atoms with Gasteiger partial charge in [0.25, 0.3) is 10.0 Å². The van der Waals surface area contributed by atoms with Gasteiger partial charge in [-0.2, -0.15) is 8.42 Å². The third-order valence-corrected chi connectivity index (χ3v) is 5.31. The lowest BCUT2D eigenvalue weighted by Crippen LogP contribution is -2.17. The van der Waals surface area contributed by atoms with Gasteiger partial charge in [-0.25, -0.2) is 4.98 Å². The van der Waals surface area contributed by atoms with Crippen LogP contribution in [0.1, 0.15) is 6.92 Å². The van der Waals surface area contributed by atoms with E-state index in [1.807, 2.05) is 6.92 Å². The maximum absolute atomic E-state index is 12.5. The van der Waals surface area contributed by atoms with E-state index in [1.165, 1.54) is 6.20 Å². The van der Waals surface area contributed by atoms with E-state index in [0.717, 1.165) is 0 Å². The van der Waals surface area contributed by atoms with Gasteiger partial charge < -0.3 is 5.32 Å². The molecule has 0 spiro atoms. The van der Waals surface area contributed by atoms with Crippen LogP contribution in [0.2, 0.25) is 5.02 Å². The summed E-state index contributed by atoms with van der Waals surface area (Å²) in [5, 5.41) is 3.34. The molecule has 0 aliphatic carbocycles. The van der Waals surface area contributed by atoms with Crippen LogP contribution in [0.15, 0.2) is 46.0 Å². The minimum absolute atomic E-state index is 0.0567. The highest BCUT2D eigenvalue weighted by Gasteiger charge is 2.21. The van der Waals surface area contributed by atoms with Crippen LogP contribution in [0.3, 0.4) is 0 Å². The molecule has 1 heterocycles. The summed E-state index contributed by atoms with van der Waals surface area (Å²) in [7, 11) is -3.82. The number of benzene rings is 1. The molecule has 1 aromatic carbocycles. The van der Waals surface area contributed by atoms with Crippen LogP contribution in [-0.4, -0.2) is 19.9 Å². The Morgan fingerprint density at radius 1 is 1.24 bits per heavy atom. The monoisotopic (exact) mass is 389 g/mol. The minimum atomic E-state index is -3.82. The molecule has 0 saturated carbocycles. The van der Waals surface area contributed by atoms with Gasteiger partial charge in [-0.15, -0.1) is 0 Å². The highest BCUT2D eigenvalue weighted by atomic mass is 79.9. The first-order valence-corrected chi connectivity index (χ1v) is 8.77. The maximum atomic E-state index is 12.5. The summed E-state index contributed by atoms with van der Waals surface area (Å²) in [4.78, 5) is 3.96. The molecule has 21 heavy (non-hydrogen) atoms. The lowest BCUT2D eigenvalue weighted by Gasteiger charge is -2.13. The van der Waals surface area contributed by atoms with E-state index >= 15 is 0 Å². The molecule has 0 aliphatic heterocycles. The number of rotatable bonds is 5. The summed E-state index contributed by atoms with van der Waals surface area (Å²) in [5.74, 6) is 0. The van der Waals surface area contributed by atoms with Crippen molar-refractivity contribution < 1.29 is 8.42 Å². The molecule has 2 aromatic rings. The lowest BCUT2D eigenvalue weighted by atomic mass is 10.3. The number of halogens is 2. The molecule has 2 N–H and O–H groups in total. The van der Waals surface area contributed by atoms with E-state index in [9.17, 15) is 8.42 Å². The zero-order valence-electron chi connectivity index (χ0n) is 11.1. The van der Waals surface area contributed by atoms with E-state index < -0.39 is 10.0 Å². The Balaban J connectivity index is 2.41. The molecule has 1 aromatic heterocycles. The number of anilines is 2. The van der Waals surface area contributed by atoms with Gasteiger partial charge in [0.2, 0.25) is 0 Å². The molecular formula is C13H13BrClN3O2S. The maximum Gasteiger partial charge on any atom is 0.281 e. The molecule has 0 saturated heterocycles. The second-order valence-electron chi connectivity index (χ2n) is 4.09. The number of hydrogen-bond donors (Lipinski definition) is 2. The smallest absolute Gasteiger partial charge is 0.281 e. The summed E-state index contributed by atoms with van der Waals surface area (Å²) < 4.78 is 27.9. The second kappa shape index (κ2) is 6.64. The lowest BCUT2D eigenvalue weighted by molar-refractivity contribution is 0.598. The van der Waals surface area contributed by atoms with Crippen molar-refractivity contribution in [2.45, 2.75) is 11.9 Å². The van der Waals surface area contributed by atoms with Crippen molar-refractivity contribution in [3.8, 4) is 0 Å². The number of sulfonamides is 1. The predicted molar refractivity (Wildman–Crippen MR) is 88.4 cm³/mol. The number of aromatic nitrogens is 1. The van der Waals surface area contributed by atoms with E-state index in [-0.39, 0.29) is 5.03 Å². The molecule has 2 rings (SSSR count). The zero-order valence-corrected chi connectivity index (χ0v) is 14.3. The molecule has 0 bridgehead atoms. The van der Waals surface area contributed by atoms with Crippen molar-refractivity contribution in [3.05, 3.63) is 46.0 Å². The molecule has 0 amide bonds. The van der Waals surface area contributed by atoms with Crippen molar-refractivity contribution in [1.82, 2.24) is 4.98 Å². The molecule has 8 heteroatoms. The Kier molecular flexibility index (Phi) is 5.08. The predicted octanol–water partition coefficient (Wildman–Crippen LogP) is 3.73. The highest BCUT2D eigenvalue weighted by Crippen LogP contribution is 2.32. The normalized spacial score (nSPS) is 11.2. The van der Waals surface area contributed by atoms with Gasteiger partial charge in [0.15, 0.2) is 5.03 Å². The van der Waals surface area contributed by atoms with Gasteiger partial charge in [-0.3, -0.25) is 4.72 Å². The molecule has 0 fully saturated rings. The molecule has 0 unspecified atom stereocenters. The minimum Gasteiger partial charge on any atom is -0.383 e. The quantitative estimate of drug-likeness (QED) is 0.816. The number of nitrogens with zero attached hydrogens (tertiary/aromatic N) is 1. The molecule has 112 valence electrons. The van der Waals surface area contributed by atoms with Crippen molar-refractivity contribution in [2.24, 2.45) is 0 Å². The largest absolute Gasteiger partial charge is 0.383 e. The first-order valence-electron chi connectivity index (χ1n) is 6.11. The Labute approximate surface area is 136 Å². The molecule has 5 nitrogen and oxygen atoms in total. The molecule has 0 aliphatic rings. The van der Waals surface area contributed by atoms with Crippen molar-refractivity contribution >= 4 is 48.9 Å². The first kappa shape index (κ1) is 16.1. The highest BCUT2D eigenvalue weighted by molar-refractivity contribution is 9.10. The van der Waals surface area contributed by atoms with Crippen molar-refractivity contribution in [3.63, 3.8) is 0 Å². The van der Waals surface area contributed by atoms with Crippen LogP contribution >= 0.6 is 27.5 Å². The number of pyridine rings is 1. The van der Waals surface area contributed by atoms with Crippen LogP contribution in [0.25, 0.3) is 0 Å². The Hall–Kier alpha value is -1.31. The molecule has 0 radical (unpaired) electrons. The summed E-state index contributed by atoms with van der Waals surface area (Å²) in [5.41, 5.74) is 0.807. The third kappa shape index (κ3) is 3.66. The van der Waals surface area contributed by atoms with Gasteiger partial charge in [-0.05, 0) is 47.1 Å². The fourth-order valence-electron chi connectivity index (χ4n) is 1.71. The molecular weight excluding hydrogens is 378 g/mol. The summed E-state index contributed by atoms with van der Waals surface area (Å²) >= 11 is 9.22. The van der Waals surface area contributed by atoms with Crippen LogP contribution < -0.4 is 10.0 Å². The SMILES string of the molecule is CCNc1cccnc1S(=O)(=O)Nc1cccc(Cl)c1Br. The van der Waals surface area contributed by atoms with Gasteiger partial charge in [-0.1, -0.05) is 17.7 Å². The Bertz CT molecular complexity index is 753. The van der Waals surface area contributed by atoms with Crippen LogP contribution in [0.4, 0.5) is 11.4 Å². The van der Waals surface area contributed by atoms with Crippen LogP contribution in [-0.2, 0) is 10.0 Å². The van der Waals surface area contributed by atoms with Gasteiger partial charge in [0.05, 0.1) is 20.9 Å². The van der Waals surface area contributed by atoms with Crippen molar-refractivity contribution in [2.75, 3.05) is 16.6 Å². The van der Waals surface area contributed by atoms with Crippen LogP contribution in [0, 0.1) is 0 Å². The second-order valence-corrected chi connectivity index (χ2v) is 6.89. The summed E-state index contributed by atoms with van der Waals surface area (Å²) in [6, 6.07) is 8.27. The summed E-state index contributed by atoms with van der Waals surface area (Å²) in [6.45, 7) is 2.47. The van der Waals surface area contributed by atoms with Gasteiger partial charge >= 0.3 is 0 Å². The van der Waals surface area contributed by atoms with Gasteiger partial charge in [0, 0.05) is 12.7 Å². The van der Waals surface area contributed by atoms with Crippen molar-refractivity contribution in [1.29, 1.82) is 0 Å².